The highest BCUT2D eigenvalue weighted by Gasteiger charge is 2.13. The Bertz CT molecular complexity index is 883. The number of carbonyl (C=O) groups is 1. The Balaban J connectivity index is 2.10. The minimum absolute atomic E-state index is 0.0113. The molecule has 1 unspecified atom stereocenters. The second-order valence-electron chi connectivity index (χ2n) is 6.21. The summed E-state index contributed by atoms with van der Waals surface area (Å²) in [5, 5.41) is 4.32. The lowest BCUT2D eigenvalue weighted by atomic mass is 10.1. The predicted molar refractivity (Wildman–Crippen MR) is 98.2 cm³/mol. The topological polar surface area (TPSA) is 51.1 Å². The fourth-order valence-corrected chi connectivity index (χ4v) is 3.22. The van der Waals surface area contributed by atoms with Crippen molar-refractivity contribution in [3.05, 3.63) is 58.8 Å². The average Bonchev–Trinajstić information content (AvgIpc) is 2.59. The third kappa shape index (κ3) is 3.04. The van der Waals surface area contributed by atoms with Crippen LogP contribution in [0.25, 0.3) is 21.8 Å². The van der Waals surface area contributed by atoms with E-state index < -0.39 is 0 Å². The van der Waals surface area contributed by atoms with Crippen molar-refractivity contribution < 1.29 is 4.79 Å². The van der Waals surface area contributed by atoms with E-state index in [9.17, 15) is 9.59 Å². The summed E-state index contributed by atoms with van der Waals surface area (Å²) in [6, 6.07) is 15.1. The number of aromatic nitrogens is 1. The Morgan fingerprint density at radius 3 is 2.12 bits per heavy atom. The molecule has 1 heterocycles. The number of amides is 1. The van der Waals surface area contributed by atoms with Crippen molar-refractivity contribution in [1.29, 1.82) is 0 Å². The molecule has 1 atom stereocenters. The molecule has 4 nitrogen and oxygen atoms in total. The van der Waals surface area contributed by atoms with Crippen LogP contribution in [0.1, 0.15) is 26.7 Å². The summed E-state index contributed by atoms with van der Waals surface area (Å²) in [4.78, 5) is 25.1. The Morgan fingerprint density at radius 2 is 1.58 bits per heavy atom. The molecule has 2 aromatic carbocycles. The van der Waals surface area contributed by atoms with Crippen LogP contribution in [0.5, 0.6) is 0 Å². The second-order valence-corrected chi connectivity index (χ2v) is 6.21. The summed E-state index contributed by atoms with van der Waals surface area (Å²) < 4.78 is 1.93. The molecule has 0 spiro atoms. The van der Waals surface area contributed by atoms with Crippen molar-refractivity contribution in [1.82, 2.24) is 9.88 Å². The predicted octanol–water partition coefficient (Wildman–Crippen LogP) is 3.46. The van der Waals surface area contributed by atoms with E-state index in [0.717, 1.165) is 23.9 Å². The van der Waals surface area contributed by atoms with Gasteiger partial charge in [0.05, 0.1) is 11.0 Å². The molecule has 24 heavy (non-hydrogen) atoms. The van der Waals surface area contributed by atoms with Crippen LogP contribution in [0, 0.1) is 0 Å². The zero-order valence-electron chi connectivity index (χ0n) is 14.1. The van der Waals surface area contributed by atoms with Crippen LogP contribution in [0.4, 0.5) is 0 Å². The fourth-order valence-electron chi connectivity index (χ4n) is 3.22. The van der Waals surface area contributed by atoms with Gasteiger partial charge in [-0.05, 0) is 37.6 Å². The smallest absolute Gasteiger partial charge is 0.240 e. The van der Waals surface area contributed by atoms with Crippen LogP contribution in [0.3, 0.4) is 0 Å². The van der Waals surface area contributed by atoms with Gasteiger partial charge in [0.2, 0.25) is 5.91 Å². The molecule has 0 fully saturated rings. The molecular formula is C20H22N2O2. The molecule has 1 amide bonds. The van der Waals surface area contributed by atoms with E-state index in [4.69, 9.17) is 0 Å². The summed E-state index contributed by atoms with van der Waals surface area (Å²) in [5.74, 6) is -0.0325. The Labute approximate surface area is 141 Å². The minimum atomic E-state index is -0.0325. The Hall–Kier alpha value is -2.62. The van der Waals surface area contributed by atoms with Crippen molar-refractivity contribution in [2.24, 2.45) is 0 Å². The van der Waals surface area contributed by atoms with Crippen molar-refractivity contribution in [3.8, 4) is 0 Å². The molecule has 1 aromatic heterocycles. The van der Waals surface area contributed by atoms with E-state index in [1.165, 1.54) is 0 Å². The van der Waals surface area contributed by atoms with E-state index in [1.54, 1.807) is 0 Å². The lowest BCUT2D eigenvalue weighted by molar-refractivity contribution is -0.122. The van der Waals surface area contributed by atoms with Gasteiger partial charge in [-0.25, -0.2) is 0 Å². The number of rotatable bonds is 5. The van der Waals surface area contributed by atoms with Crippen LogP contribution in [0.15, 0.2) is 53.3 Å². The first-order valence-corrected chi connectivity index (χ1v) is 8.41. The highest BCUT2D eigenvalue weighted by atomic mass is 16.2. The monoisotopic (exact) mass is 322 g/mol. The van der Waals surface area contributed by atoms with Gasteiger partial charge in [0.1, 0.15) is 6.54 Å². The van der Waals surface area contributed by atoms with Gasteiger partial charge in [-0.2, -0.15) is 0 Å². The van der Waals surface area contributed by atoms with Crippen LogP contribution in [-0.4, -0.2) is 16.5 Å². The van der Waals surface area contributed by atoms with E-state index in [0.29, 0.717) is 10.8 Å². The van der Waals surface area contributed by atoms with Gasteiger partial charge in [0.25, 0.3) is 0 Å². The quantitative estimate of drug-likeness (QED) is 0.731. The van der Waals surface area contributed by atoms with E-state index in [-0.39, 0.29) is 23.9 Å². The number of hydrogen-bond donors (Lipinski definition) is 1. The van der Waals surface area contributed by atoms with Gasteiger partial charge in [-0.15, -0.1) is 0 Å². The molecule has 3 aromatic rings. The summed E-state index contributed by atoms with van der Waals surface area (Å²) in [5.41, 5.74) is 1.59. The highest BCUT2D eigenvalue weighted by Crippen LogP contribution is 2.19. The van der Waals surface area contributed by atoms with Crippen molar-refractivity contribution in [2.75, 3.05) is 0 Å². The van der Waals surface area contributed by atoms with Gasteiger partial charge < -0.3 is 9.88 Å². The van der Waals surface area contributed by atoms with Crippen LogP contribution in [0.2, 0.25) is 0 Å². The Kier molecular flexibility index (Phi) is 4.65. The van der Waals surface area contributed by atoms with Crippen molar-refractivity contribution in [3.63, 3.8) is 0 Å². The lowest BCUT2D eigenvalue weighted by Crippen LogP contribution is -2.35. The zero-order chi connectivity index (χ0) is 17.1. The maximum Gasteiger partial charge on any atom is 0.240 e. The molecule has 4 heteroatoms. The standard InChI is InChI=1S/C20H22N2O2/c1-3-8-14(2)21-19(23)13-22-17-11-6-4-9-15(17)20(24)16-10-5-7-12-18(16)22/h4-7,9-12,14H,3,8,13H2,1-2H3,(H,21,23). The largest absolute Gasteiger partial charge is 0.352 e. The van der Waals surface area contributed by atoms with Crippen LogP contribution in [-0.2, 0) is 11.3 Å². The number of para-hydroxylation sites is 2. The first kappa shape index (κ1) is 16.2. The van der Waals surface area contributed by atoms with Gasteiger partial charge in [0, 0.05) is 16.8 Å². The van der Waals surface area contributed by atoms with Crippen LogP contribution < -0.4 is 10.7 Å². The van der Waals surface area contributed by atoms with E-state index in [1.807, 2.05) is 60.0 Å². The normalized spacial score (nSPS) is 12.4. The molecule has 0 saturated heterocycles. The van der Waals surface area contributed by atoms with Gasteiger partial charge in [-0.3, -0.25) is 9.59 Å². The summed E-state index contributed by atoms with van der Waals surface area (Å²) >= 11 is 0. The molecule has 0 saturated carbocycles. The number of fused-ring (bicyclic) bond motifs is 2. The van der Waals surface area contributed by atoms with E-state index in [2.05, 4.69) is 12.2 Å². The molecule has 0 aliphatic rings. The fraction of sp³-hybridized carbons (Fsp3) is 0.300. The van der Waals surface area contributed by atoms with Gasteiger partial charge in [0.15, 0.2) is 5.43 Å². The second kappa shape index (κ2) is 6.87. The molecule has 0 radical (unpaired) electrons. The third-order valence-electron chi connectivity index (χ3n) is 4.31. The summed E-state index contributed by atoms with van der Waals surface area (Å²) in [6.07, 6.45) is 1.99. The lowest BCUT2D eigenvalue weighted by Gasteiger charge is -2.17. The number of nitrogens with one attached hydrogen (secondary N) is 1. The maximum atomic E-state index is 12.7. The third-order valence-corrected chi connectivity index (χ3v) is 4.31. The van der Waals surface area contributed by atoms with E-state index >= 15 is 0 Å². The molecule has 1 N–H and O–H groups in total. The molecule has 124 valence electrons. The summed E-state index contributed by atoms with van der Waals surface area (Å²) in [6.45, 7) is 4.32. The molecule has 0 aliphatic heterocycles. The minimum Gasteiger partial charge on any atom is -0.352 e. The van der Waals surface area contributed by atoms with Crippen molar-refractivity contribution >= 4 is 27.7 Å². The number of benzene rings is 2. The maximum absolute atomic E-state index is 12.7. The SMILES string of the molecule is CCCC(C)NC(=O)Cn1c2ccccc2c(=O)c2ccccc21. The molecule has 0 aliphatic carbocycles. The first-order valence-electron chi connectivity index (χ1n) is 8.41. The zero-order valence-corrected chi connectivity index (χ0v) is 14.1. The molecular weight excluding hydrogens is 300 g/mol. The number of carbonyl (C=O) groups excluding carboxylic acids is 1. The number of pyridine rings is 1. The van der Waals surface area contributed by atoms with Crippen molar-refractivity contribution in [2.45, 2.75) is 39.3 Å². The summed E-state index contributed by atoms with van der Waals surface area (Å²) in [7, 11) is 0. The van der Waals surface area contributed by atoms with Gasteiger partial charge in [-0.1, -0.05) is 37.6 Å². The molecule has 0 bridgehead atoms. The average molecular weight is 322 g/mol. The van der Waals surface area contributed by atoms with Gasteiger partial charge >= 0.3 is 0 Å². The number of hydrogen-bond acceptors (Lipinski definition) is 2. The molecule has 3 rings (SSSR count). The number of nitrogens with zero attached hydrogens (tertiary/aromatic N) is 1. The van der Waals surface area contributed by atoms with Crippen LogP contribution >= 0.6 is 0 Å². The first-order chi connectivity index (χ1) is 11.6. The highest BCUT2D eigenvalue weighted by molar-refractivity contribution is 5.94. The Morgan fingerprint density at radius 1 is 1.04 bits per heavy atom.